The van der Waals surface area contributed by atoms with Crippen molar-refractivity contribution in [3.05, 3.63) is 65.5 Å². The van der Waals surface area contributed by atoms with Crippen LogP contribution < -0.4 is 10.1 Å². The summed E-state index contributed by atoms with van der Waals surface area (Å²) >= 11 is 0. The molecule has 4 heteroatoms. The number of halogens is 1. The summed E-state index contributed by atoms with van der Waals surface area (Å²) in [5, 5.41) is 14.7. The first-order valence-electron chi connectivity index (χ1n) is 9.40. The van der Waals surface area contributed by atoms with Gasteiger partial charge in [0.1, 0.15) is 11.6 Å². The monoisotopic (exact) mass is 355 g/mol. The average Bonchev–Trinajstić information content (AvgIpc) is 3.24. The Hall–Kier alpha value is -1.91. The Morgan fingerprint density at radius 3 is 2.50 bits per heavy atom. The minimum Gasteiger partial charge on any atom is -0.497 e. The zero-order chi connectivity index (χ0) is 18.2. The summed E-state index contributed by atoms with van der Waals surface area (Å²) in [7, 11) is 1.68. The van der Waals surface area contributed by atoms with Crippen LogP contribution in [-0.2, 0) is 6.42 Å². The molecule has 2 aliphatic heterocycles. The van der Waals surface area contributed by atoms with Crippen LogP contribution in [0, 0.1) is 5.82 Å². The van der Waals surface area contributed by atoms with Crippen LogP contribution in [0.1, 0.15) is 49.3 Å². The highest BCUT2D eigenvalue weighted by Crippen LogP contribution is 2.52. The van der Waals surface area contributed by atoms with Crippen molar-refractivity contribution in [1.29, 1.82) is 0 Å². The van der Waals surface area contributed by atoms with E-state index in [1.807, 2.05) is 18.2 Å². The number of fused-ring (bicyclic) bond motifs is 2. The Balaban J connectivity index is 1.44. The quantitative estimate of drug-likeness (QED) is 0.818. The molecule has 2 aromatic carbocycles. The molecule has 4 rings (SSSR count). The van der Waals surface area contributed by atoms with Gasteiger partial charge in [0.25, 0.3) is 0 Å². The van der Waals surface area contributed by atoms with E-state index in [0.717, 1.165) is 44.3 Å². The van der Waals surface area contributed by atoms with Crippen molar-refractivity contribution >= 4 is 0 Å². The molecule has 2 heterocycles. The summed E-state index contributed by atoms with van der Waals surface area (Å²) in [4.78, 5) is 0. The fourth-order valence-electron chi connectivity index (χ4n) is 4.78. The van der Waals surface area contributed by atoms with Gasteiger partial charge in [-0.15, -0.1) is 0 Å². The number of methoxy groups -OCH3 is 1. The van der Waals surface area contributed by atoms with Gasteiger partial charge in [0.05, 0.1) is 13.2 Å². The van der Waals surface area contributed by atoms with Crippen LogP contribution in [0.3, 0.4) is 0 Å². The molecule has 2 aliphatic rings. The van der Waals surface area contributed by atoms with Gasteiger partial charge >= 0.3 is 0 Å². The van der Waals surface area contributed by atoms with E-state index >= 15 is 0 Å². The molecule has 2 aromatic rings. The van der Waals surface area contributed by atoms with Crippen LogP contribution in [-0.4, -0.2) is 23.3 Å². The van der Waals surface area contributed by atoms with Crippen molar-refractivity contribution in [2.75, 3.05) is 7.11 Å². The summed E-state index contributed by atoms with van der Waals surface area (Å²) in [6.45, 7) is 0. The Morgan fingerprint density at radius 1 is 1.12 bits per heavy atom. The number of rotatable bonds is 6. The van der Waals surface area contributed by atoms with Gasteiger partial charge in [0, 0.05) is 11.1 Å². The molecule has 3 nitrogen and oxygen atoms in total. The number of nitrogens with one attached hydrogen (secondary N) is 1. The molecule has 0 saturated carbocycles. The molecule has 0 unspecified atom stereocenters. The Kier molecular flexibility index (Phi) is 4.49. The first kappa shape index (κ1) is 17.5. The number of benzene rings is 2. The number of ether oxygens (including phenoxy) is 1. The predicted octanol–water partition coefficient (Wildman–Crippen LogP) is 4.16. The lowest BCUT2D eigenvalue weighted by atomic mass is 9.76. The van der Waals surface area contributed by atoms with E-state index in [9.17, 15) is 9.50 Å². The molecule has 2 bridgehead atoms. The van der Waals surface area contributed by atoms with Crippen LogP contribution in [0.2, 0.25) is 0 Å². The second-order valence-corrected chi connectivity index (χ2v) is 7.87. The van der Waals surface area contributed by atoms with Crippen molar-refractivity contribution in [2.45, 2.75) is 55.7 Å². The molecule has 138 valence electrons. The SMILES string of the molecule is COc1ccc(CCC23CCC([C@@H](O)c4cccc(F)c4)(CC2)N3)cc1. The molecule has 0 aromatic heterocycles. The van der Waals surface area contributed by atoms with Crippen molar-refractivity contribution in [2.24, 2.45) is 0 Å². The van der Waals surface area contributed by atoms with E-state index in [-0.39, 0.29) is 16.9 Å². The molecule has 0 aliphatic carbocycles. The van der Waals surface area contributed by atoms with Gasteiger partial charge in [0.15, 0.2) is 0 Å². The van der Waals surface area contributed by atoms with Crippen LogP contribution >= 0.6 is 0 Å². The molecule has 2 fully saturated rings. The molecule has 2 saturated heterocycles. The van der Waals surface area contributed by atoms with Gasteiger partial charge < -0.3 is 15.2 Å². The summed E-state index contributed by atoms with van der Waals surface area (Å²) in [6.07, 6.45) is 5.40. The number of aryl methyl sites for hydroxylation is 1. The minimum absolute atomic E-state index is 0.0915. The zero-order valence-corrected chi connectivity index (χ0v) is 15.2. The lowest BCUT2D eigenvalue weighted by Gasteiger charge is -2.32. The lowest BCUT2D eigenvalue weighted by molar-refractivity contribution is 0.0733. The summed E-state index contributed by atoms with van der Waals surface area (Å²) in [5.41, 5.74) is 1.75. The van der Waals surface area contributed by atoms with Gasteiger partial charge in [-0.05, 0) is 73.9 Å². The van der Waals surface area contributed by atoms with Gasteiger partial charge in [0.2, 0.25) is 0 Å². The second-order valence-electron chi connectivity index (χ2n) is 7.87. The largest absolute Gasteiger partial charge is 0.497 e. The van der Waals surface area contributed by atoms with Gasteiger partial charge in [-0.1, -0.05) is 24.3 Å². The number of aliphatic hydroxyl groups excluding tert-OH is 1. The van der Waals surface area contributed by atoms with Gasteiger partial charge in [-0.3, -0.25) is 0 Å². The minimum atomic E-state index is -0.663. The fourth-order valence-corrected chi connectivity index (χ4v) is 4.78. The molecule has 26 heavy (non-hydrogen) atoms. The van der Waals surface area contributed by atoms with E-state index in [2.05, 4.69) is 17.4 Å². The lowest BCUT2D eigenvalue weighted by Crippen LogP contribution is -2.46. The average molecular weight is 355 g/mol. The maximum Gasteiger partial charge on any atom is 0.123 e. The van der Waals surface area contributed by atoms with Crippen molar-refractivity contribution < 1.29 is 14.2 Å². The van der Waals surface area contributed by atoms with E-state index in [1.54, 1.807) is 13.2 Å². The second kappa shape index (κ2) is 6.67. The highest BCUT2D eigenvalue weighted by atomic mass is 19.1. The van der Waals surface area contributed by atoms with Crippen LogP contribution in [0.25, 0.3) is 0 Å². The standard InChI is InChI=1S/C22H26FNO2/c1-26-19-7-5-16(6-8-19)9-10-21-11-13-22(24-21,14-12-21)20(25)17-3-2-4-18(23)15-17/h2-8,15,20,24-25H,9-14H2,1H3/t20-,21?,22?/m0/s1. The highest BCUT2D eigenvalue weighted by molar-refractivity contribution is 5.29. The molecule has 1 atom stereocenters. The van der Waals surface area contributed by atoms with E-state index in [4.69, 9.17) is 4.74 Å². The number of hydrogen-bond acceptors (Lipinski definition) is 3. The first-order chi connectivity index (χ1) is 12.5. The topological polar surface area (TPSA) is 41.5 Å². The zero-order valence-electron chi connectivity index (χ0n) is 15.2. The Bertz CT molecular complexity index is 766. The molecular formula is C22H26FNO2. The summed E-state index contributed by atoms with van der Waals surface area (Å²) < 4.78 is 18.8. The van der Waals surface area contributed by atoms with Gasteiger partial charge in [-0.2, -0.15) is 0 Å². The van der Waals surface area contributed by atoms with Crippen LogP contribution in [0.5, 0.6) is 5.75 Å². The van der Waals surface area contributed by atoms with Gasteiger partial charge in [-0.25, -0.2) is 4.39 Å². The maximum absolute atomic E-state index is 13.6. The number of aliphatic hydroxyl groups is 1. The Labute approximate surface area is 154 Å². The maximum atomic E-state index is 13.6. The molecule has 2 N–H and O–H groups in total. The summed E-state index contributed by atoms with van der Waals surface area (Å²) in [5.74, 6) is 0.587. The first-order valence-corrected chi connectivity index (χ1v) is 9.40. The van der Waals surface area contributed by atoms with Crippen LogP contribution in [0.4, 0.5) is 4.39 Å². The molecule has 0 spiro atoms. The van der Waals surface area contributed by atoms with E-state index < -0.39 is 6.10 Å². The van der Waals surface area contributed by atoms with Crippen molar-refractivity contribution in [1.82, 2.24) is 5.32 Å². The van der Waals surface area contributed by atoms with Crippen LogP contribution in [0.15, 0.2) is 48.5 Å². The predicted molar refractivity (Wildman–Crippen MR) is 99.7 cm³/mol. The fraction of sp³-hybridized carbons (Fsp3) is 0.455. The third-order valence-electron chi connectivity index (χ3n) is 6.35. The molecular weight excluding hydrogens is 329 g/mol. The smallest absolute Gasteiger partial charge is 0.123 e. The van der Waals surface area contributed by atoms with E-state index in [0.29, 0.717) is 5.56 Å². The van der Waals surface area contributed by atoms with Crippen molar-refractivity contribution in [3.8, 4) is 5.75 Å². The molecule has 0 radical (unpaired) electrons. The Morgan fingerprint density at radius 2 is 1.85 bits per heavy atom. The summed E-state index contributed by atoms with van der Waals surface area (Å²) in [6, 6.07) is 14.6. The van der Waals surface area contributed by atoms with E-state index in [1.165, 1.54) is 17.7 Å². The third-order valence-corrected chi connectivity index (χ3v) is 6.35. The third kappa shape index (κ3) is 3.12. The number of hydrogen-bond donors (Lipinski definition) is 2. The normalized spacial score (nSPS) is 28.3. The molecule has 0 amide bonds. The highest BCUT2D eigenvalue weighted by Gasteiger charge is 2.56. The van der Waals surface area contributed by atoms with Crippen molar-refractivity contribution in [3.63, 3.8) is 0 Å².